The van der Waals surface area contributed by atoms with Crippen molar-refractivity contribution in [1.29, 1.82) is 0 Å². The number of hydrogen-bond donors (Lipinski definition) is 1. The SMILES string of the molecule is CC(C)NC(=O)c1nc(Cn2c(=O)oc3ccccc32)no1. The highest BCUT2D eigenvalue weighted by Crippen LogP contribution is 2.12. The number of nitrogens with zero attached hydrogens (tertiary/aromatic N) is 3. The minimum absolute atomic E-state index is 0.0386. The molecule has 0 saturated heterocycles. The lowest BCUT2D eigenvalue weighted by atomic mass is 10.3. The topological polar surface area (TPSA) is 103 Å². The molecule has 0 aliphatic carbocycles. The van der Waals surface area contributed by atoms with Crippen molar-refractivity contribution in [3.8, 4) is 0 Å². The van der Waals surface area contributed by atoms with Gasteiger partial charge in [-0.1, -0.05) is 17.3 Å². The quantitative estimate of drug-likeness (QED) is 0.775. The van der Waals surface area contributed by atoms with Gasteiger partial charge in [0.25, 0.3) is 0 Å². The van der Waals surface area contributed by atoms with Crippen LogP contribution in [0.25, 0.3) is 11.1 Å². The fourth-order valence-corrected chi connectivity index (χ4v) is 2.04. The van der Waals surface area contributed by atoms with E-state index < -0.39 is 11.7 Å². The summed E-state index contributed by atoms with van der Waals surface area (Å²) in [5.74, 6) is -0.871. The summed E-state index contributed by atoms with van der Waals surface area (Å²) in [5.41, 5.74) is 1.11. The normalized spacial score (nSPS) is 11.2. The second-order valence-corrected chi connectivity index (χ2v) is 5.07. The number of oxazole rings is 1. The maximum Gasteiger partial charge on any atom is 0.420 e. The molecule has 8 nitrogen and oxygen atoms in total. The first-order valence-corrected chi connectivity index (χ1v) is 6.76. The van der Waals surface area contributed by atoms with Crippen LogP contribution in [0.1, 0.15) is 30.4 Å². The zero-order valence-electron chi connectivity index (χ0n) is 12.1. The van der Waals surface area contributed by atoms with Gasteiger partial charge in [-0.2, -0.15) is 4.98 Å². The Morgan fingerprint density at radius 1 is 1.36 bits per heavy atom. The zero-order valence-corrected chi connectivity index (χ0v) is 12.1. The average molecular weight is 302 g/mol. The molecule has 0 aliphatic rings. The highest BCUT2D eigenvalue weighted by Gasteiger charge is 2.17. The molecular formula is C14H14N4O4. The highest BCUT2D eigenvalue weighted by atomic mass is 16.5. The molecule has 0 radical (unpaired) electrons. The van der Waals surface area contributed by atoms with Gasteiger partial charge in [0.05, 0.1) is 12.1 Å². The Kier molecular flexibility index (Phi) is 3.50. The number of hydrogen-bond acceptors (Lipinski definition) is 6. The standard InChI is InChI=1S/C14H14N4O4/c1-8(2)15-12(19)13-16-11(17-22-13)7-18-9-5-3-4-6-10(9)21-14(18)20/h3-6,8H,7H2,1-2H3,(H,15,19). The van der Waals surface area contributed by atoms with Gasteiger partial charge in [-0.3, -0.25) is 9.36 Å². The molecule has 1 N–H and O–H groups in total. The van der Waals surface area contributed by atoms with Crippen molar-refractivity contribution < 1.29 is 13.7 Å². The largest absolute Gasteiger partial charge is 0.420 e. The Bertz CT molecular complexity index is 874. The summed E-state index contributed by atoms with van der Waals surface area (Å²) in [6.45, 7) is 3.72. The monoisotopic (exact) mass is 302 g/mol. The van der Waals surface area contributed by atoms with Crippen LogP contribution in [0.15, 0.2) is 38.0 Å². The number of rotatable bonds is 4. The molecule has 0 unspecified atom stereocenters. The van der Waals surface area contributed by atoms with Crippen LogP contribution >= 0.6 is 0 Å². The summed E-state index contributed by atoms with van der Waals surface area (Å²) in [4.78, 5) is 27.6. The Hall–Kier alpha value is -2.90. The fraction of sp³-hybridized carbons (Fsp3) is 0.286. The van der Waals surface area contributed by atoms with E-state index in [4.69, 9.17) is 8.94 Å². The molecule has 0 aliphatic heterocycles. The number of amides is 1. The summed E-state index contributed by atoms with van der Waals surface area (Å²) in [6.07, 6.45) is 0. The second kappa shape index (κ2) is 5.47. The van der Waals surface area contributed by atoms with E-state index in [2.05, 4.69) is 15.5 Å². The van der Waals surface area contributed by atoms with Gasteiger partial charge in [-0.25, -0.2) is 4.79 Å². The smallest absolute Gasteiger partial charge is 0.408 e. The lowest BCUT2D eigenvalue weighted by Crippen LogP contribution is -2.30. The molecule has 0 atom stereocenters. The Morgan fingerprint density at radius 3 is 2.91 bits per heavy atom. The van der Waals surface area contributed by atoms with Gasteiger partial charge >= 0.3 is 17.6 Å². The molecule has 8 heteroatoms. The van der Waals surface area contributed by atoms with Gasteiger partial charge in [0.2, 0.25) is 0 Å². The number of aromatic nitrogens is 3. The number of nitrogens with one attached hydrogen (secondary N) is 1. The molecule has 22 heavy (non-hydrogen) atoms. The Labute approximate surface area is 124 Å². The Balaban J connectivity index is 1.87. The molecule has 3 aromatic rings. The minimum Gasteiger partial charge on any atom is -0.408 e. The van der Waals surface area contributed by atoms with Crippen LogP contribution in [0.2, 0.25) is 0 Å². The third kappa shape index (κ3) is 2.62. The van der Waals surface area contributed by atoms with E-state index in [1.54, 1.807) is 24.3 Å². The van der Waals surface area contributed by atoms with Crippen molar-refractivity contribution >= 4 is 17.0 Å². The van der Waals surface area contributed by atoms with Crippen LogP contribution in [-0.4, -0.2) is 26.7 Å². The molecule has 2 heterocycles. The van der Waals surface area contributed by atoms with Crippen molar-refractivity contribution in [1.82, 2.24) is 20.0 Å². The maximum atomic E-state index is 11.9. The van der Waals surface area contributed by atoms with E-state index in [0.29, 0.717) is 11.1 Å². The van der Waals surface area contributed by atoms with E-state index in [9.17, 15) is 9.59 Å². The van der Waals surface area contributed by atoms with E-state index >= 15 is 0 Å². The zero-order chi connectivity index (χ0) is 15.7. The Morgan fingerprint density at radius 2 is 2.14 bits per heavy atom. The predicted molar refractivity (Wildman–Crippen MR) is 76.5 cm³/mol. The van der Waals surface area contributed by atoms with Crippen LogP contribution in [0, 0.1) is 0 Å². The molecular weight excluding hydrogens is 288 g/mol. The number of para-hydroxylation sites is 2. The van der Waals surface area contributed by atoms with Crippen LogP contribution in [0.3, 0.4) is 0 Å². The van der Waals surface area contributed by atoms with Gasteiger partial charge in [-0.05, 0) is 26.0 Å². The van der Waals surface area contributed by atoms with E-state index in [-0.39, 0.29) is 24.3 Å². The first-order valence-electron chi connectivity index (χ1n) is 6.76. The van der Waals surface area contributed by atoms with Gasteiger partial charge in [0.1, 0.15) is 0 Å². The van der Waals surface area contributed by atoms with Crippen molar-refractivity contribution in [3.63, 3.8) is 0 Å². The molecule has 3 rings (SSSR count). The van der Waals surface area contributed by atoms with Crippen LogP contribution < -0.4 is 11.1 Å². The second-order valence-electron chi connectivity index (χ2n) is 5.07. The third-order valence-electron chi connectivity index (χ3n) is 2.96. The number of benzene rings is 1. The lowest BCUT2D eigenvalue weighted by molar-refractivity contribution is 0.0899. The molecule has 0 bridgehead atoms. The summed E-state index contributed by atoms with van der Waals surface area (Å²) in [5, 5.41) is 6.37. The molecule has 114 valence electrons. The summed E-state index contributed by atoms with van der Waals surface area (Å²) >= 11 is 0. The molecule has 2 aromatic heterocycles. The first-order chi connectivity index (χ1) is 10.5. The first kappa shape index (κ1) is 14.1. The third-order valence-corrected chi connectivity index (χ3v) is 2.96. The summed E-state index contributed by atoms with van der Waals surface area (Å²) in [7, 11) is 0. The van der Waals surface area contributed by atoms with Crippen LogP contribution in [0.4, 0.5) is 0 Å². The van der Waals surface area contributed by atoms with Crippen molar-refractivity contribution in [2.24, 2.45) is 0 Å². The molecule has 0 spiro atoms. The molecule has 0 fully saturated rings. The number of fused-ring (bicyclic) bond motifs is 1. The lowest BCUT2D eigenvalue weighted by Gasteiger charge is -2.03. The highest BCUT2D eigenvalue weighted by molar-refractivity contribution is 5.89. The minimum atomic E-state index is -0.515. The van der Waals surface area contributed by atoms with Gasteiger partial charge in [-0.15, -0.1) is 0 Å². The van der Waals surface area contributed by atoms with Crippen molar-refractivity contribution in [3.05, 3.63) is 46.5 Å². The van der Waals surface area contributed by atoms with Gasteiger partial charge in [0, 0.05) is 6.04 Å². The van der Waals surface area contributed by atoms with Crippen LogP contribution in [-0.2, 0) is 6.54 Å². The predicted octanol–water partition coefficient (Wildman–Crippen LogP) is 1.16. The van der Waals surface area contributed by atoms with E-state index in [1.807, 2.05) is 13.8 Å². The summed E-state index contributed by atoms with van der Waals surface area (Å²) < 4.78 is 11.4. The average Bonchev–Trinajstić information content (AvgIpc) is 3.04. The van der Waals surface area contributed by atoms with Crippen LogP contribution in [0.5, 0.6) is 0 Å². The maximum absolute atomic E-state index is 11.9. The van der Waals surface area contributed by atoms with Gasteiger partial charge < -0.3 is 14.3 Å². The number of carbonyl (C=O) groups excluding carboxylic acids is 1. The molecule has 1 amide bonds. The summed E-state index contributed by atoms with van der Waals surface area (Å²) in [6, 6.07) is 6.99. The molecule has 0 saturated carbocycles. The molecule has 1 aromatic carbocycles. The fourth-order valence-electron chi connectivity index (χ4n) is 2.04. The van der Waals surface area contributed by atoms with E-state index in [1.165, 1.54) is 4.57 Å². The van der Waals surface area contributed by atoms with Crippen molar-refractivity contribution in [2.75, 3.05) is 0 Å². The van der Waals surface area contributed by atoms with E-state index in [0.717, 1.165) is 0 Å². The van der Waals surface area contributed by atoms with Gasteiger partial charge in [0.15, 0.2) is 11.4 Å². The van der Waals surface area contributed by atoms with Crippen molar-refractivity contribution in [2.45, 2.75) is 26.4 Å². The number of carbonyl (C=O) groups is 1.